The van der Waals surface area contributed by atoms with E-state index in [1.807, 2.05) is 11.4 Å². The van der Waals surface area contributed by atoms with Crippen molar-refractivity contribution in [3.05, 3.63) is 23.1 Å². The lowest BCUT2D eigenvalue weighted by Gasteiger charge is -2.05. The lowest BCUT2D eigenvalue weighted by atomic mass is 10.1. The quantitative estimate of drug-likeness (QED) is 0.479. The molecule has 2 rings (SSSR count). The highest BCUT2D eigenvalue weighted by Gasteiger charge is 2.09. The number of rotatable bonds is 1. The smallest absolute Gasteiger partial charge is 0.144 e. The first-order valence-electron chi connectivity index (χ1n) is 3.82. The van der Waals surface area contributed by atoms with Crippen molar-refractivity contribution in [1.82, 2.24) is 0 Å². The summed E-state index contributed by atoms with van der Waals surface area (Å²) in [5, 5.41) is 21.2. The minimum atomic E-state index is -0.191. The second-order valence-corrected chi connectivity index (χ2v) is 3.74. The number of hydrogen-bond donors (Lipinski definition) is 3. The fraction of sp³-hybridized carbons (Fsp3) is 0.111. The first-order chi connectivity index (χ1) is 6.24. The molecule has 13 heavy (non-hydrogen) atoms. The van der Waals surface area contributed by atoms with Gasteiger partial charge < -0.3 is 15.9 Å². The number of aliphatic hydroxyl groups is 1. The Morgan fingerprint density at radius 3 is 2.92 bits per heavy atom. The summed E-state index contributed by atoms with van der Waals surface area (Å²) in [6.45, 7) is -0.191. The van der Waals surface area contributed by atoms with E-state index in [2.05, 4.69) is 0 Å². The second-order valence-electron chi connectivity index (χ2n) is 2.79. The van der Waals surface area contributed by atoms with E-state index in [1.54, 1.807) is 6.07 Å². The van der Waals surface area contributed by atoms with Crippen LogP contribution in [-0.2, 0) is 6.61 Å². The second kappa shape index (κ2) is 2.90. The van der Waals surface area contributed by atoms with Crippen molar-refractivity contribution < 1.29 is 10.2 Å². The van der Waals surface area contributed by atoms with E-state index in [0.29, 0.717) is 11.3 Å². The van der Waals surface area contributed by atoms with Gasteiger partial charge >= 0.3 is 0 Å². The Bertz CT molecular complexity index is 450. The number of aromatic hydroxyl groups is 1. The van der Waals surface area contributed by atoms with Crippen LogP contribution in [-0.4, -0.2) is 10.2 Å². The van der Waals surface area contributed by atoms with Crippen LogP contribution >= 0.6 is 11.3 Å². The number of phenols is 1. The largest absolute Gasteiger partial charge is 0.505 e. The van der Waals surface area contributed by atoms with Gasteiger partial charge in [0, 0.05) is 15.6 Å². The number of aliphatic hydroxyl groups excluding tert-OH is 1. The summed E-state index contributed by atoms with van der Waals surface area (Å²) in [5.41, 5.74) is 6.51. The third kappa shape index (κ3) is 1.15. The van der Waals surface area contributed by atoms with Crippen LogP contribution in [0.1, 0.15) is 5.56 Å². The molecule has 68 valence electrons. The molecule has 1 heterocycles. The summed E-state index contributed by atoms with van der Waals surface area (Å²) < 4.78 is 0.986. The van der Waals surface area contributed by atoms with Gasteiger partial charge in [-0.2, -0.15) is 0 Å². The van der Waals surface area contributed by atoms with Gasteiger partial charge in [-0.25, -0.2) is 0 Å². The molecular weight excluding hydrogens is 186 g/mol. The number of fused-ring (bicyclic) bond motifs is 1. The van der Waals surface area contributed by atoms with E-state index in [-0.39, 0.29) is 12.4 Å². The molecule has 0 aliphatic carbocycles. The molecule has 3 nitrogen and oxygen atoms in total. The molecule has 0 unspecified atom stereocenters. The van der Waals surface area contributed by atoms with Gasteiger partial charge in [-0.1, -0.05) is 0 Å². The molecule has 0 radical (unpaired) electrons. The van der Waals surface area contributed by atoms with Gasteiger partial charge in [0.25, 0.3) is 0 Å². The summed E-state index contributed by atoms with van der Waals surface area (Å²) in [6, 6.07) is 3.61. The summed E-state index contributed by atoms with van der Waals surface area (Å²) in [4.78, 5) is 0. The molecule has 0 fully saturated rings. The van der Waals surface area contributed by atoms with Crippen LogP contribution in [0.25, 0.3) is 10.1 Å². The van der Waals surface area contributed by atoms with Crippen LogP contribution < -0.4 is 5.73 Å². The highest BCUT2D eigenvalue weighted by atomic mass is 32.1. The van der Waals surface area contributed by atoms with Crippen LogP contribution in [0.3, 0.4) is 0 Å². The van der Waals surface area contributed by atoms with Crippen molar-refractivity contribution in [2.45, 2.75) is 6.61 Å². The Hall–Kier alpha value is -1.26. The van der Waals surface area contributed by atoms with Gasteiger partial charge in [-0.3, -0.25) is 0 Å². The number of anilines is 1. The topological polar surface area (TPSA) is 66.5 Å². The molecule has 0 aliphatic rings. The lowest BCUT2D eigenvalue weighted by molar-refractivity contribution is 0.276. The molecule has 0 saturated carbocycles. The monoisotopic (exact) mass is 195 g/mol. The van der Waals surface area contributed by atoms with E-state index in [4.69, 9.17) is 10.8 Å². The summed E-state index contributed by atoms with van der Waals surface area (Å²) in [7, 11) is 0. The van der Waals surface area contributed by atoms with E-state index >= 15 is 0 Å². The van der Waals surface area contributed by atoms with Crippen molar-refractivity contribution in [2.24, 2.45) is 0 Å². The molecule has 0 bridgehead atoms. The maximum Gasteiger partial charge on any atom is 0.144 e. The van der Waals surface area contributed by atoms with Gasteiger partial charge in [-0.15, -0.1) is 11.3 Å². The molecule has 1 aromatic carbocycles. The molecule has 0 amide bonds. The predicted octanol–water partition coefficient (Wildman–Crippen LogP) is 1.68. The molecular formula is C9H9NO2S. The normalized spacial score (nSPS) is 10.8. The fourth-order valence-corrected chi connectivity index (χ4v) is 2.17. The van der Waals surface area contributed by atoms with Crippen molar-refractivity contribution in [2.75, 3.05) is 5.73 Å². The van der Waals surface area contributed by atoms with Gasteiger partial charge in [0.2, 0.25) is 0 Å². The maximum atomic E-state index is 9.53. The van der Waals surface area contributed by atoms with Crippen molar-refractivity contribution in [3.8, 4) is 5.75 Å². The maximum absolute atomic E-state index is 9.53. The van der Waals surface area contributed by atoms with Gasteiger partial charge in [0.05, 0.1) is 12.3 Å². The van der Waals surface area contributed by atoms with Crippen LogP contribution in [0.2, 0.25) is 0 Å². The van der Waals surface area contributed by atoms with Crippen LogP contribution in [0.4, 0.5) is 5.69 Å². The zero-order valence-corrected chi connectivity index (χ0v) is 7.64. The minimum Gasteiger partial charge on any atom is -0.505 e. The Morgan fingerprint density at radius 1 is 1.46 bits per heavy atom. The number of benzene rings is 1. The fourth-order valence-electron chi connectivity index (χ4n) is 1.30. The van der Waals surface area contributed by atoms with E-state index in [9.17, 15) is 5.11 Å². The van der Waals surface area contributed by atoms with Crippen LogP contribution in [0.5, 0.6) is 5.75 Å². The predicted molar refractivity (Wildman–Crippen MR) is 53.8 cm³/mol. The first kappa shape index (κ1) is 8.34. The van der Waals surface area contributed by atoms with Gasteiger partial charge in [-0.05, 0) is 17.5 Å². The van der Waals surface area contributed by atoms with E-state index in [1.165, 1.54) is 11.3 Å². The zero-order valence-electron chi connectivity index (χ0n) is 6.82. The van der Waals surface area contributed by atoms with E-state index < -0.39 is 0 Å². The first-order valence-corrected chi connectivity index (χ1v) is 4.70. The molecule has 0 spiro atoms. The van der Waals surface area contributed by atoms with E-state index in [0.717, 1.165) is 10.1 Å². The van der Waals surface area contributed by atoms with Crippen LogP contribution in [0.15, 0.2) is 17.5 Å². The highest BCUT2D eigenvalue weighted by molar-refractivity contribution is 7.17. The highest BCUT2D eigenvalue weighted by Crippen LogP contribution is 2.36. The zero-order chi connectivity index (χ0) is 9.42. The Balaban J connectivity index is 2.83. The molecule has 1 aromatic heterocycles. The number of nitrogen functional groups attached to an aromatic ring is 1. The minimum absolute atomic E-state index is 0.00611. The summed E-state index contributed by atoms with van der Waals surface area (Å²) in [6.07, 6.45) is 0. The Morgan fingerprint density at radius 2 is 2.23 bits per heavy atom. The van der Waals surface area contributed by atoms with Gasteiger partial charge in [0.15, 0.2) is 0 Å². The lowest BCUT2D eigenvalue weighted by Crippen LogP contribution is -1.91. The summed E-state index contributed by atoms with van der Waals surface area (Å²) in [5.74, 6) is -0.00611. The third-order valence-corrected chi connectivity index (χ3v) is 2.88. The number of hydrogen-bond acceptors (Lipinski definition) is 4. The standard InChI is InChI=1S/C9H9NO2S/c10-8-6-1-2-13-7(6)3-5(4-11)9(8)12/h1-3,11-12H,4,10H2. The molecule has 2 aromatic rings. The van der Waals surface area contributed by atoms with Crippen molar-refractivity contribution in [1.29, 1.82) is 0 Å². The SMILES string of the molecule is Nc1c(O)c(CO)cc2sccc12. The Kier molecular flexibility index (Phi) is 1.86. The van der Waals surface area contributed by atoms with Crippen LogP contribution in [0, 0.1) is 0 Å². The van der Waals surface area contributed by atoms with Gasteiger partial charge in [0.1, 0.15) is 5.75 Å². The molecule has 4 heteroatoms. The average Bonchev–Trinajstić information content (AvgIpc) is 2.59. The molecule has 0 saturated heterocycles. The van der Waals surface area contributed by atoms with Crippen molar-refractivity contribution >= 4 is 27.1 Å². The Labute approximate surface area is 79.0 Å². The van der Waals surface area contributed by atoms with Crippen molar-refractivity contribution in [3.63, 3.8) is 0 Å². The number of thiophene rings is 1. The molecule has 0 atom stereocenters. The molecule has 0 aliphatic heterocycles. The molecule has 4 N–H and O–H groups in total. The number of nitrogens with two attached hydrogens (primary N) is 1. The third-order valence-electron chi connectivity index (χ3n) is 2.02. The summed E-state index contributed by atoms with van der Waals surface area (Å²) >= 11 is 1.54. The average molecular weight is 195 g/mol.